The van der Waals surface area contributed by atoms with Crippen molar-refractivity contribution < 1.29 is 8.42 Å². The van der Waals surface area contributed by atoms with Crippen molar-refractivity contribution in [3.63, 3.8) is 0 Å². The third kappa shape index (κ3) is 4.18. The molecule has 0 heterocycles. The Balaban J connectivity index is 2.13. The van der Waals surface area contributed by atoms with Crippen LogP contribution in [0.15, 0.2) is 47.4 Å². The molecule has 0 aliphatic heterocycles. The Morgan fingerprint density at radius 2 is 1.50 bits per heavy atom. The third-order valence-corrected chi connectivity index (χ3v) is 5.02. The molecule has 0 amide bonds. The van der Waals surface area contributed by atoms with Gasteiger partial charge < -0.3 is 0 Å². The molecule has 0 radical (unpaired) electrons. The van der Waals surface area contributed by atoms with Crippen molar-refractivity contribution in [2.75, 3.05) is 0 Å². The fraction of sp³-hybridized carbons (Fsp3) is 0.333. The number of rotatable bonds is 5. The summed E-state index contributed by atoms with van der Waals surface area (Å²) < 4.78 is 27.4. The molecule has 2 aromatic carbocycles. The molecule has 0 saturated carbocycles. The average molecular weight is 317 g/mol. The predicted molar refractivity (Wildman–Crippen MR) is 90.5 cm³/mol. The van der Waals surface area contributed by atoms with Crippen molar-refractivity contribution in [3.05, 3.63) is 64.7 Å². The van der Waals surface area contributed by atoms with Crippen molar-refractivity contribution in [2.45, 2.75) is 45.1 Å². The molecule has 118 valence electrons. The molecule has 0 aliphatic rings. The Bertz CT molecular complexity index is 727. The summed E-state index contributed by atoms with van der Waals surface area (Å²) in [6.07, 6.45) is 0. The molecule has 22 heavy (non-hydrogen) atoms. The first-order valence-corrected chi connectivity index (χ1v) is 8.93. The maximum Gasteiger partial charge on any atom is 0.240 e. The van der Waals surface area contributed by atoms with Crippen LogP contribution < -0.4 is 4.72 Å². The highest BCUT2D eigenvalue weighted by Crippen LogP contribution is 2.17. The highest BCUT2D eigenvalue weighted by Gasteiger charge is 2.14. The van der Waals surface area contributed by atoms with Gasteiger partial charge in [-0.05, 0) is 43.0 Å². The zero-order valence-electron chi connectivity index (χ0n) is 13.6. The van der Waals surface area contributed by atoms with Crippen molar-refractivity contribution in [2.24, 2.45) is 0 Å². The maximum atomic E-state index is 12.3. The van der Waals surface area contributed by atoms with E-state index in [1.807, 2.05) is 38.1 Å². The Morgan fingerprint density at radius 3 is 2.00 bits per heavy atom. The Kier molecular flexibility index (Phi) is 5.04. The molecule has 0 aromatic heterocycles. The van der Waals surface area contributed by atoms with Crippen LogP contribution in [-0.4, -0.2) is 8.42 Å². The van der Waals surface area contributed by atoms with Gasteiger partial charge in [-0.1, -0.05) is 55.3 Å². The summed E-state index contributed by atoms with van der Waals surface area (Å²) in [5.74, 6) is 0.389. The SMILES string of the molecule is Cc1cc(C)cc(CNS(=O)(=O)c2ccc(C(C)C)cc2)c1. The maximum absolute atomic E-state index is 12.3. The number of hydrogen-bond donors (Lipinski definition) is 1. The van der Waals surface area contributed by atoms with Crippen molar-refractivity contribution in [3.8, 4) is 0 Å². The Hall–Kier alpha value is -1.65. The summed E-state index contributed by atoms with van der Waals surface area (Å²) in [6, 6.07) is 13.1. The van der Waals surface area contributed by atoms with Gasteiger partial charge in [-0.25, -0.2) is 13.1 Å². The van der Waals surface area contributed by atoms with Crippen LogP contribution in [0.5, 0.6) is 0 Å². The van der Waals surface area contributed by atoms with Gasteiger partial charge in [0.15, 0.2) is 0 Å². The molecule has 4 heteroatoms. The van der Waals surface area contributed by atoms with Gasteiger partial charge in [-0.3, -0.25) is 0 Å². The van der Waals surface area contributed by atoms with Crippen LogP contribution in [0.3, 0.4) is 0 Å². The van der Waals surface area contributed by atoms with E-state index in [1.165, 1.54) is 0 Å². The average Bonchev–Trinajstić information content (AvgIpc) is 2.44. The van der Waals surface area contributed by atoms with Gasteiger partial charge in [0.1, 0.15) is 0 Å². The van der Waals surface area contributed by atoms with E-state index in [1.54, 1.807) is 12.1 Å². The van der Waals surface area contributed by atoms with Gasteiger partial charge in [0.25, 0.3) is 0 Å². The van der Waals surface area contributed by atoms with Crippen LogP contribution in [0.1, 0.15) is 42.0 Å². The monoisotopic (exact) mass is 317 g/mol. The van der Waals surface area contributed by atoms with Gasteiger partial charge in [-0.2, -0.15) is 0 Å². The van der Waals surface area contributed by atoms with E-state index in [9.17, 15) is 8.42 Å². The van der Waals surface area contributed by atoms with E-state index in [2.05, 4.69) is 24.6 Å². The lowest BCUT2D eigenvalue weighted by Gasteiger charge is -2.10. The second-order valence-electron chi connectivity index (χ2n) is 6.04. The van der Waals surface area contributed by atoms with E-state index in [4.69, 9.17) is 0 Å². The van der Waals surface area contributed by atoms with Crippen molar-refractivity contribution in [1.29, 1.82) is 0 Å². The summed E-state index contributed by atoms with van der Waals surface area (Å²) >= 11 is 0. The summed E-state index contributed by atoms with van der Waals surface area (Å²) in [5, 5.41) is 0. The minimum atomic E-state index is -3.48. The molecular weight excluding hydrogens is 294 g/mol. The van der Waals surface area contributed by atoms with Crippen molar-refractivity contribution in [1.82, 2.24) is 4.72 Å². The molecule has 2 aromatic rings. The minimum Gasteiger partial charge on any atom is -0.207 e. The summed E-state index contributed by atoms with van der Waals surface area (Å²) in [4.78, 5) is 0.307. The van der Waals surface area contributed by atoms with Crippen LogP contribution in [0.4, 0.5) is 0 Å². The second kappa shape index (κ2) is 6.63. The number of aryl methyl sites for hydroxylation is 2. The van der Waals surface area contributed by atoms with Gasteiger partial charge >= 0.3 is 0 Å². The zero-order valence-corrected chi connectivity index (χ0v) is 14.4. The molecule has 0 unspecified atom stereocenters. The fourth-order valence-electron chi connectivity index (χ4n) is 2.46. The highest BCUT2D eigenvalue weighted by molar-refractivity contribution is 7.89. The zero-order chi connectivity index (χ0) is 16.3. The Labute approximate surface area is 133 Å². The molecule has 0 atom stereocenters. The van der Waals surface area contributed by atoms with Crippen LogP contribution in [0, 0.1) is 13.8 Å². The number of nitrogens with one attached hydrogen (secondary N) is 1. The number of sulfonamides is 1. The normalized spacial score (nSPS) is 11.9. The van der Waals surface area contributed by atoms with E-state index in [-0.39, 0.29) is 0 Å². The van der Waals surface area contributed by atoms with E-state index < -0.39 is 10.0 Å². The summed E-state index contributed by atoms with van der Waals surface area (Å²) in [6.45, 7) is 8.49. The lowest BCUT2D eigenvalue weighted by atomic mass is 10.0. The quantitative estimate of drug-likeness (QED) is 0.909. The first-order valence-electron chi connectivity index (χ1n) is 7.45. The number of hydrogen-bond acceptors (Lipinski definition) is 2. The standard InChI is InChI=1S/C18H23NO2S/c1-13(2)17-5-7-18(8-6-17)22(20,21)19-12-16-10-14(3)9-15(4)11-16/h5-11,13,19H,12H2,1-4H3. The van der Waals surface area contributed by atoms with Crippen molar-refractivity contribution >= 4 is 10.0 Å². The van der Waals surface area contributed by atoms with Crippen LogP contribution in [0.25, 0.3) is 0 Å². The largest absolute Gasteiger partial charge is 0.240 e. The van der Waals surface area contributed by atoms with E-state index >= 15 is 0 Å². The third-order valence-electron chi connectivity index (χ3n) is 3.60. The predicted octanol–water partition coefficient (Wildman–Crippen LogP) is 3.91. The molecule has 0 fully saturated rings. The molecule has 0 spiro atoms. The lowest BCUT2D eigenvalue weighted by Crippen LogP contribution is -2.23. The van der Waals surface area contributed by atoms with Crippen LogP contribution >= 0.6 is 0 Å². The molecular formula is C18H23NO2S. The number of benzene rings is 2. The van der Waals surface area contributed by atoms with Gasteiger partial charge in [0.05, 0.1) is 4.90 Å². The van der Waals surface area contributed by atoms with Gasteiger partial charge in [0.2, 0.25) is 10.0 Å². The van der Waals surface area contributed by atoms with Gasteiger partial charge in [0, 0.05) is 6.54 Å². The van der Waals surface area contributed by atoms with Crippen LogP contribution in [-0.2, 0) is 16.6 Å². The van der Waals surface area contributed by atoms with Gasteiger partial charge in [-0.15, -0.1) is 0 Å². The summed E-state index contributed by atoms with van der Waals surface area (Å²) in [5.41, 5.74) is 4.37. The molecule has 0 bridgehead atoms. The van der Waals surface area contributed by atoms with Crippen LogP contribution in [0.2, 0.25) is 0 Å². The Morgan fingerprint density at radius 1 is 0.955 bits per heavy atom. The molecule has 0 saturated heterocycles. The minimum absolute atomic E-state index is 0.302. The highest BCUT2D eigenvalue weighted by atomic mass is 32.2. The molecule has 3 nitrogen and oxygen atoms in total. The fourth-order valence-corrected chi connectivity index (χ4v) is 3.48. The molecule has 1 N–H and O–H groups in total. The van der Waals surface area contributed by atoms with E-state index in [0.717, 1.165) is 22.3 Å². The smallest absolute Gasteiger partial charge is 0.207 e. The lowest BCUT2D eigenvalue weighted by molar-refractivity contribution is 0.581. The second-order valence-corrected chi connectivity index (χ2v) is 7.81. The molecule has 0 aliphatic carbocycles. The first-order chi connectivity index (χ1) is 10.3. The van der Waals surface area contributed by atoms with E-state index in [0.29, 0.717) is 17.4 Å². The summed E-state index contributed by atoms with van der Waals surface area (Å²) in [7, 11) is -3.48. The topological polar surface area (TPSA) is 46.2 Å². The first kappa shape index (κ1) is 16.7. The molecule has 2 rings (SSSR count).